The van der Waals surface area contributed by atoms with Crippen LogP contribution in [0.2, 0.25) is 0 Å². The second kappa shape index (κ2) is 6.55. The first-order valence-electron chi connectivity index (χ1n) is 6.40. The molecule has 1 unspecified atom stereocenters. The van der Waals surface area contributed by atoms with Crippen LogP contribution in [-0.2, 0) is 14.8 Å². The van der Waals surface area contributed by atoms with Gasteiger partial charge >= 0.3 is 5.97 Å². The van der Waals surface area contributed by atoms with Gasteiger partial charge in [-0.2, -0.15) is 4.72 Å². The maximum Gasteiger partial charge on any atom is 0.322 e. The van der Waals surface area contributed by atoms with Gasteiger partial charge in [-0.05, 0) is 46.1 Å². The number of carboxylic acid groups (broad SMARTS) is 1. The molecule has 1 heterocycles. The van der Waals surface area contributed by atoms with Gasteiger partial charge in [-0.1, -0.05) is 19.3 Å². The topological polar surface area (TPSA) is 83.5 Å². The zero-order valence-electron chi connectivity index (χ0n) is 10.7. The normalized spacial score (nSPS) is 18.9. The number of hydrogen-bond acceptors (Lipinski definition) is 4. The Morgan fingerprint density at radius 1 is 1.40 bits per heavy atom. The minimum Gasteiger partial charge on any atom is -0.480 e. The van der Waals surface area contributed by atoms with Crippen LogP contribution in [-0.4, -0.2) is 25.5 Å². The van der Waals surface area contributed by atoms with Gasteiger partial charge in [-0.25, -0.2) is 8.42 Å². The third-order valence-corrected chi connectivity index (χ3v) is 7.61. The molecule has 1 atom stereocenters. The van der Waals surface area contributed by atoms with Gasteiger partial charge in [0.2, 0.25) is 0 Å². The van der Waals surface area contributed by atoms with E-state index in [-0.39, 0.29) is 10.1 Å². The predicted molar refractivity (Wildman–Crippen MR) is 80.3 cm³/mol. The smallest absolute Gasteiger partial charge is 0.322 e. The highest BCUT2D eigenvalue weighted by Gasteiger charge is 2.34. The summed E-state index contributed by atoms with van der Waals surface area (Å²) >= 11 is 4.24. The molecule has 1 aliphatic rings. The molecule has 0 amide bonds. The van der Waals surface area contributed by atoms with E-state index in [0.29, 0.717) is 4.47 Å². The first-order chi connectivity index (χ1) is 9.42. The van der Waals surface area contributed by atoms with E-state index in [1.54, 1.807) is 11.4 Å². The van der Waals surface area contributed by atoms with Crippen molar-refractivity contribution in [2.45, 2.75) is 42.4 Å². The summed E-state index contributed by atoms with van der Waals surface area (Å²) in [5.41, 5.74) is 0. The van der Waals surface area contributed by atoms with Gasteiger partial charge in [0.15, 0.2) is 0 Å². The van der Waals surface area contributed by atoms with Crippen molar-refractivity contribution in [3.05, 3.63) is 15.9 Å². The quantitative estimate of drug-likeness (QED) is 0.820. The largest absolute Gasteiger partial charge is 0.480 e. The fraction of sp³-hybridized carbons (Fsp3) is 0.583. The third-order valence-electron chi connectivity index (χ3n) is 3.50. The summed E-state index contributed by atoms with van der Waals surface area (Å²) in [4.78, 5) is 11.4. The predicted octanol–water partition coefficient (Wildman–Crippen LogP) is 2.82. The Morgan fingerprint density at radius 2 is 2.05 bits per heavy atom. The molecule has 0 aliphatic heterocycles. The molecule has 112 valence electrons. The number of nitrogens with one attached hydrogen (secondary N) is 1. The summed E-state index contributed by atoms with van der Waals surface area (Å²) in [5.74, 6) is -1.23. The van der Waals surface area contributed by atoms with Gasteiger partial charge < -0.3 is 5.11 Å². The Kier molecular flexibility index (Phi) is 5.22. The molecule has 2 rings (SSSR count). The Labute approximate surface area is 130 Å². The second-order valence-corrected chi connectivity index (χ2v) is 8.57. The fourth-order valence-corrected chi connectivity index (χ4v) is 6.12. The highest BCUT2D eigenvalue weighted by molar-refractivity contribution is 9.10. The highest BCUT2D eigenvalue weighted by Crippen LogP contribution is 2.30. The SMILES string of the molecule is O=C(O)C(NS(=O)(=O)c1sccc1Br)C1CCCCC1. The lowest BCUT2D eigenvalue weighted by Gasteiger charge is -2.27. The minimum atomic E-state index is -3.80. The van der Waals surface area contributed by atoms with E-state index in [1.165, 1.54) is 0 Å². The van der Waals surface area contributed by atoms with Crippen LogP contribution in [0.4, 0.5) is 0 Å². The maximum absolute atomic E-state index is 12.3. The van der Waals surface area contributed by atoms with E-state index in [1.807, 2.05) is 0 Å². The number of sulfonamides is 1. The number of aliphatic carboxylic acids is 1. The summed E-state index contributed by atoms with van der Waals surface area (Å²) in [7, 11) is -3.80. The van der Waals surface area contributed by atoms with Crippen LogP contribution in [0.25, 0.3) is 0 Å². The molecule has 0 spiro atoms. The molecule has 20 heavy (non-hydrogen) atoms. The van der Waals surface area contributed by atoms with Gasteiger partial charge in [0.25, 0.3) is 10.0 Å². The van der Waals surface area contributed by atoms with Crippen molar-refractivity contribution >= 4 is 43.3 Å². The Morgan fingerprint density at radius 3 is 2.55 bits per heavy atom. The van der Waals surface area contributed by atoms with Gasteiger partial charge in [-0.3, -0.25) is 4.79 Å². The molecule has 0 bridgehead atoms. The summed E-state index contributed by atoms with van der Waals surface area (Å²) in [6.45, 7) is 0. The number of carbonyl (C=O) groups is 1. The summed E-state index contributed by atoms with van der Waals surface area (Å²) in [6.07, 6.45) is 4.51. The molecule has 1 aromatic rings. The summed E-state index contributed by atoms with van der Waals surface area (Å²) in [6, 6.07) is 0.588. The second-order valence-electron chi connectivity index (χ2n) is 4.89. The first kappa shape index (κ1) is 15.9. The van der Waals surface area contributed by atoms with Crippen molar-refractivity contribution in [2.75, 3.05) is 0 Å². The summed E-state index contributed by atoms with van der Waals surface area (Å²) in [5, 5.41) is 11.0. The number of hydrogen-bond donors (Lipinski definition) is 2. The average Bonchev–Trinajstić information content (AvgIpc) is 2.84. The molecule has 1 aliphatic carbocycles. The Balaban J connectivity index is 2.19. The molecule has 0 aromatic carbocycles. The van der Waals surface area contributed by atoms with Crippen molar-refractivity contribution in [3.63, 3.8) is 0 Å². The molecule has 1 aromatic heterocycles. The van der Waals surface area contributed by atoms with Crippen molar-refractivity contribution in [1.29, 1.82) is 0 Å². The Bertz CT molecular complexity index is 578. The molecule has 1 saturated carbocycles. The van der Waals surface area contributed by atoms with E-state index in [9.17, 15) is 18.3 Å². The van der Waals surface area contributed by atoms with E-state index < -0.39 is 22.0 Å². The molecule has 2 N–H and O–H groups in total. The van der Waals surface area contributed by atoms with Crippen LogP contribution in [0, 0.1) is 5.92 Å². The lowest BCUT2D eigenvalue weighted by Crippen LogP contribution is -2.46. The monoisotopic (exact) mass is 381 g/mol. The number of thiophene rings is 1. The molecular formula is C12H16BrNO4S2. The van der Waals surface area contributed by atoms with Crippen molar-refractivity contribution < 1.29 is 18.3 Å². The van der Waals surface area contributed by atoms with Gasteiger partial charge in [0.1, 0.15) is 10.3 Å². The van der Waals surface area contributed by atoms with E-state index >= 15 is 0 Å². The highest BCUT2D eigenvalue weighted by atomic mass is 79.9. The molecule has 8 heteroatoms. The van der Waals surface area contributed by atoms with Gasteiger partial charge in [0, 0.05) is 4.47 Å². The average molecular weight is 382 g/mol. The molecule has 5 nitrogen and oxygen atoms in total. The van der Waals surface area contributed by atoms with E-state index in [2.05, 4.69) is 20.7 Å². The van der Waals surface area contributed by atoms with Crippen LogP contribution >= 0.6 is 27.3 Å². The lowest BCUT2D eigenvalue weighted by atomic mass is 9.84. The van der Waals surface area contributed by atoms with Crippen LogP contribution in [0.5, 0.6) is 0 Å². The minimum absolute atomic E-state index is 0.125. The van der Waals surface area contributed by atoms with Crippen molar-refractivity contribution in [2.24, 2.45) is 5.92 Å². The molecule has 1 fully saturated rings. The van der Waals surface area contributed by atoms with Crippen molar-refractivity contribution in [3.8, 4) is 0 Å². The van der Waals surface area contributed by atoms with Crippen LogP contribution in [0.15, 0.2) is 20.1 Å². The van der Waals surface area contributed by atoms with E-state index in [0.717, 1.165) is 43.4 Å². The Hall–Kier alpha value is -0.440. The van der Waals surface area contributed by atoms with Crippen LogP contribution in [0.1, 0.15) is 32.1 Å². The van der Waals surface area contributed by atoms with Gasteiger partial charge in [-0.15, -0.1) is 11.3 Å². The number of carboxylic acids is 1. The zero-order valence-corrected chi connectivity index (χ0v) is 13.9. The number of rotatable bonds is 5. The third kappa shape index (κ3) is 3.60. The first-order valence-corrected chi connectivity index (χ1v) is 9.55. The van der Waals surface area contributed by atoms with Crippen LogP contribution < -0.4 is 4.72 Å². The standard InChI is InChI=1S/C12H16BrNO4S2/c13-9-6-7-19-12(9)20(17,18)14-10(11(15)16)8-4-2-1-3-5-8/h6-8,10,14H,1-5H2,(H,15,16). The fourth-order valence-electron chi connectivity index (χ4n) is 2.51. The molecule has 0 saturated heterocycles. The molecular weight excluding hydrogens is 366 g/mol. The maximum atomic E-state index is 12.3. The molecule has 0 radical (unpaired) electrons. The zero-order chi connectivity index (χ0) is 14.8. The van der Waals surface area contributed by atoms with Crippen molar-refractivity contribution in [1.82, 2.24) is 4.72 Å². The van der Waals surface area contributed by atoms with Crippen LogP contribution in [0.3, 0.4) is 0 Å². The lowest BCUT2D eigenvalue weighted by molar-refractivity contribution is -0.140. The van der Waals surface area contributed by atoms with Gasteiger partial charge in [0.05, 0.1) is 0 Å². The number of halogens is 1. The summed E-state index contributed by atoms with van der Waals surface area (Å²) < 4.78 is 27.5. The van der Waals surface area contributed by atoms with E-state index in [4.69, 9.17) is 0 Å².